The van der Waals surface area contributed by atoms with Gasteiger partial charge in [-0.05, 0) is 37.6 Å². The van der Waals surface area contributed by atoms with E-state index in [4.69, 9.17) is 0 Å². The number of anilines is 1. The van der Waals surface area contributed by atoms with Gasteiger partial charge in [0.15, 0.2) is 7.98 Å². The Morgan fingerprint density at radius 3 is 2.73 bits per heavy atom. The number of nitrogens with zero attached hydrogens (tertiary/aromatic N) is 1. The number of hydrogen-bond donors (Lipinski definition) is 1. The van der Waals surface area contributed by atoms with Crippen molar-refractivity contribution >= 4 is 13.7 Å². The minimum Gasteiger partial charge on any atom is -0.384 e. The summed E-state index contributed by atoms with van der Waals surface area (Å²) in [6.07, 6.45) is 2.60. The molecule has 15 heavy (non-hydrogen) atoms. The van der Waals surface area contributed by atoms with Crippen molar-refractivity contribution in [3.8, 4) is 0 Å². The zero-order chi connectivity index (χ0) is 10.3. The predicted octanol–water partition coefficient (Wildman–Crippen LogP) is 0.994. The summed E-state index contributed by atoms with van der Waals surface area (Å²) in [6.45, 7) is 3.60. The second kappa shape index (κ2) is 3.27. The highest BCUT2D eigenvalue weighted by Gasteiger charge is 2.40. The smallest absolute Gasteiger partial charge is 0.185 e. The fourth-order valence-corrected chi connectivity index (χ4v) is 2.95. The summed E-state index contributed by atoms with van der Waals surface area (Å²) in [5.74, 6) is 0. The van der Waals surface area contributed by atoms with Gasteiger partial charge in [0.25, 0.3) is 0 Å². The van der Waals surface area contributed by atoms with E-state index in [-0.39, 0.29) is 0 Å². The van der Waals surface area contributed by atoms with Crippen LogP contribution in [-0.4, -0.2) is 32.4 Å². The number of nitrogens with one attached hydrogen (secondary N) is 1. The first-order chi connectivity index (χ1) is 7.30. The lowest BCUT2D eigenvalue weighted by atomic mass is 9.74. The molecule has 1 aromatic carbocycles. The summed E-state index contributed by atoms with van der Waals surface area (Å²) < 4.78 is 0. The van der Waals surface area contributed by atoms with Crippen LogP contribution < -0.4 is 5.32 Å². The largest absolute Gasteiger partial charge is 0.384 e. The Hall–Kier alpha value is -0.955. The summed E-state index contributed by atoms with van der Waals surface area (Å²) in [7, 11) is 2.22. The Kier molecular flexibility index (Phi) is 2.03. The standard InChI is InChI=1S/C12H17BN2/c13-15-7-5-12(6-8-15)9-14-11-4-2-1-3-10(11)12/h1-4,14H,5-9,13H2. The highest BCUT2D eigenvalue weighted by molar-refractivity contribution is 6.04. The molecule has 2 nitrogen and oxygen atoms in total. The summed E-state index contributed by atoms with van der Waals surface area (Å²) >= 11 is 0. The zero-order valence-corrected chi connectivity index (χ0v) is 9.29. The van der Waals surface area contributed by atoms with E-state index in [1.807, 2.05) is 0 Å². The molecule has 1 saturated heterocycles. The number of para-hydroxylation sites is 1. The van der Waals surface area contributed by atoms with Crippen LogP contribution in [0.25, 0.3) is 0 Å². The molecule has 0 atom stereocenters. The van der Waals surface area contributed by atoms with Crippen molar-refractivity contribution in [2.24, 2.45) is 0 Å². The molecule has 0 aromatic heterocycles. The van der Waals surface area contributed by atoms with Gasteiger partial charge in [-0.15, -0.1) is 0 Å². The molecule has 1 N–H and O–H groups in total. The molecule has 0 saturated carbocycles. The van der Waals surface area contributed by atoms with E-state index in [0.717, 1.165) is 6.54 Å². The Balaban J connectivity index is 1.95. The second-order valence-corrected chi connectivity index (χ2v) is 4.98. The van der Waals surface area contributed by atoms with Crippen molar-refractivity contribution in [2.75, 3.05) is 25.0 Å². The van der Waals surface area contributed by atoms with Crippen LogP contribution in [-0.2, 0) is 5.41 Å². The molecule has 2 aliphatic rings. The van der Waals surface area contributed by atoms with Crippen molar-refractivity contribution in [3.63, 3.8) is 0 Å². The first kappa shape index (κ1) is 9.28. The molecule has 3 rings (SSSR count). The number of piperidine rings is 1. The molecule has 1 aromatic rings. The number of rotatable bonds is 0. The molecule has 1 spiro atoms. The maximum Gasteiger partial charge on any atom is 0.185 e. The quantitative estimate of drug-likeness (QED) is 0.628. The Bertz CT molecular complexity index is 370. The van der Waals surface area contributed by atoms with Crippen LogP contribution in [0.1, 0.15) is 18.4 Å². The minimum absolute atomic E-state index is 0.434. The van der Waals surface area contributed by atoms with Gasteiger partial charge in [0, 0.05) is 17.6 Å². The molecule has 0 bridgehead atoms. The molecule has 3 heteroatoms. The van der Waals surface area contributed by atoms with E-state index < -0.39 is 0 Å². The lowest BCUT2D eigenvalue weighted by Gasteiger charge is -2.38. The maximum atomic E-state index is 3.56. The van der Waals surface area contributed by atoms with Gasteiger partial charge in [-0.25, -0.2) is 0 Å². The SMILES string of the molecule is BN1CCC2(CC1)CNc1ccccc12. The van der Waals surface area contributed by atoms with E-state index >= 15 is 0 Å². The molecule has 0 amide bonds. The van der Waals surface area contributed by atoms with E-state index in [0.29, 0.717) is 5.41 Å². The van der Waals surface area contributed by atoms with E-state index in [1.54, 1.807) is 5.56 Å². The normalized spacial score (nSPS) is 23.7. The third kappa shape index (κ3) is 1.37. The monoisotopic (exact) mass is 200 g/mol. The molecule has 0 aliphatic carbocycles. The van der Waals surface area contributed by atoms with Crippen LogP contribution >= 0.6 is 0 Å². The number of fused-ring (bicyclic) bond motifs is 2. The van der Waals surface area contributed by atoms with Gasteiger partial charge in [0.1, 0.15) is 0 Å². The van der Waals surface area contributed by atoms with E-state index in [9.17, 15) is 0 Å². The Morgan fingerprint density at radius 1 is 1.20 bits per heavy atom. The van der Waals surface area contributed by atoms with Crippen LogP contribution in [0.3, 0.4) is 0 Å². The Morgan fingerprint density at radius 2 is 1.93 bits per heavy atom. The molecular formula is C12H17BN2. The van der Waals surface area contributed by atoms with Gasteiger partial charge < -0.3 is 10.1 Å². The average molecular weight is 200 g/mol. The molecule has 1 fully saturated rings. The summed E-state index contributed by atoms with van der Waals surface area (Å²) in [5, 5.41) is 3.56. The fraction of sp³-hybridized carbons (Fsp3) is 0.500. The molecule has 0 unspecified atom stereocenters. The average Bonchev–Trinajstić information content (AvgIpc) is 2.63. The van der Waals surface area contributed by atoms with Crippen LogP contribution in [0.2, 0.25) is 0 Å². The van der Waals surface area contributed by atoms with E-state index in [2.05, 4.69) is 42.4 Å². The third-order valence-electron chi connectivity index (χ3n) is 4.06. The fourth-order valence-electron chi connectivity index (χ4n) is 2.95. The number of hydrogen-bond acceptors (Lipinski definition) is 2. The van der Waals surface area contributed by atoms with Gasteiger partial charge in [-0.1, -0.05) is 18.2 Å². The zero-order valence-electron chi connectivity index (χ0n) is 9.29. The van der Waals surface area contributed by atoms with Crippen molar-refractivity contribution in [2.45, 2.75) is 18.3 Å². The lowest BCUT2D eigenvalue weighted by Crippen LogP contribution is -2.42. The number of benzene rings is 1. The highest BCUT2D eigenvalue weighted by atomic mass is 15.1. The van der Waals surface area contributed by atoms with Crippen molar-refractivity contribution in [1.82, 2.24) is 4.81 Å². The van der Waals surface area contributed by atoms with Gasteiger partial charge in [-0.3, -0.25) is 0 Å². The first-order valence-electron chi connectivity index (χ1n) is 5.82. The summed E-state index contributed by atoms with van der Waals surface area (Å²) in [4.78, 5) is 2.44. The predicted molar refractivity (Wildman–Crippen MR) is 66.0 cm³/mol. The van der Waals surface area contributed by atoms with Crippen molar-refractivity contribution in [1.29, 1.82) is 0 Å². The van der Waals surface area contributed by atoms with Gasteiger partial charge in [-0.2, -0.15) is 0 Å². The van der Waals surface area contributed by atoms with Crippen LogP contribution in [0.4, 0.5) is 5.69 Å². The Labute approximate surface area is 92.1 Å². The van der Waals surface area contributed by atoms with Crippen molar-refractivity contribution in [3.05, 3.63) is 29.8 Å². The van der Waals surface area contributed by atoms with Crippen LogP contribution in [0, 0.1) is 0 Å². The maximum absolute atomic E-state index is 3.56. The molecule has 2 aliphatic heterocycles. The minimum atomic E-state index is 0.434. The van der Waals surface area contributed by atoms with Gasteiger partial charge in [0.2, 0.25) is 0 Å². The van der Waals surface area contributed by atoms with Crippen molar-refractivity contribution < 1.29 is 0 Å². The molecular weight excluding hydrogens is 183 g/mol. The highest BCUT2D eigenvalue weighted by Crippen LogP contribution is 2.43. The van der Waals surface area contributed by atoms with Crippen LogP contribution in [0.15, 0.2) is 24.3 Å². The lowest BCUT2D eigenvalue weighted by molar-refractivity contribution is 0.256. The van der Waals surface area contributed by atoms with Crippen LogP contribution in [0.5, 0.6) is 0 Å². The molecule has 78 valence electrons. The molecule has 0 radical (unpaired) electrons. The third-order valence-corrected chi connectivity index (χ3v) is 4.06. The first-order valence-corrected chi connectivity index (χ1v) is 5.82. The summed E-state index contributed by atoms with van der Waals surface area (Å²) in [5.41, 5.74) is 3.35. The van der Waals surface area contributed by atoms with E-state index in [1.165, 1.54) is 31.6 Å². The molecule has 2 heterocycles. The topological polar surface area (TPSA) is 15.3 Å². The van der Waals surface area contributed by atoms with Gasteiger partial charge >= 0.3 is 0 Å². The summed E-state index contributed by atoms with van der Waals surface area (Å²) in [6, 6.07) is 8.81. The second-order valence-electron chi connectivity index (χ2n) is 4.98. The van der Waals surface area contributed by atoms with Gasteiger partial charge in [0.05, 0.1) is 0 Å².